The lowest BCUT2D eigenvalue weighted by atomic mass is 9.93. The Bertz CT molecular complexity index is 531. The first-order valence-corrected chi connectivity index (χ1v) is 6.11. The SMILES string of the molecule is CCC1(CC)OC(c2ccc(C#N)cc2)=CC1=O. The van der Waals surface area contributed by atoms with E-state index in [1.165, 1.54) is 0 Å². The van der Waals surface area contributed by atoms with Gasteiger partial charge in [0.1, 0.15) is 5.76 Å². The number of ether oxygens (including phenoxy) is 1. The van der Waals surface area contributed by atoms with Crippen LogP contribution in [0.15, 0.2) is 30.3 Å². The molecule has 0 radical (unpaired) electrons. The van der Waals surface area contributed by atoms with E-state index in [1.54, 1.807) is 30.3 Å². The van der Waals surface area contributed by atoms with Gasteiger partial charge in [0, 0.05) is 11.6 Å². The number of hydrogen-bond donors (Lipinski definition) is 0. The van der Waals surface area contributed by atoms with Gasteiger partial charge >= 0.3 is 0 Å². The van der Waals surface area contributed by atoms with Crippen LogP contribution in [0.3, 0.4) is 0 Å². The van der Waals surface area contributed by atoms with E-state index in [2.05, 4.69) is 6.07 Å². The van der Waals surface area contributed by atoms with Crippen LogP contribution in [0.1, 0.15) is 37.8 Å². The fourth-order valence-electron chi connectivity index (χ4n) is 2.13. The summed E-state index contributed by atoms with van der Waals surface area (Å²) in [6, 6.07) is 9.12. The van der Waals surface area contributed by atoms with Crippen LogP contribution in [0.2, 0.25) is 0 Å². The summed E-state index contributed by atoms with van der Waals surface area (Å²) in [7, 11) is 0. The number of ketones is 1. The molecule has 18 heavy (non-hydrogen) atoms. The number of nitriles is 1. The van der Waals surface area contributed by atoms with Gasteiger partial charge in [-0.3, -0.25) is 4.79 Å². The van der Waals surface area contributed by atoms with E-state index < -0.39 is 5.60 Å². The summed E-state index contributed by atoms with van der Waals surface area (Å²) in [6.45, 7) is 3.91. The Kier molecular flexibility index (Phi) is 3.20. The molecule has 0 atom stereocenters. The first kappa shape index (κ1) is 12.4. The molecule has 0 spiro atoms. The molecule has 0 unspecified atom stereocenters. The maximum Gasteiger partial charge on any atom is 0.202 e. The van der Waals surface area contributed by atoms with Gasteiger partial charge in [0.25, 0.3) is 0 Å². The second-order valence-electron chi connectivity index (χ2n) is 4.37. The van der Waals surface area contributed by atoms with Crippen molar-refractivity contribution < 1.29 is 9.53 Å². The van der Waals surface area contributed by atoms with Gasteiger partial charge in [0.05, 0.1) is 11.6 Å². The zero-order chi connectivity index (χ0) is 13.2. The molecule has 1 heterocycles. The number of rotatable bonds is 3. The van der Waals surface area contributed by atoms with Crippen molar-refractivity contribution in [3.05, 3.63) is 41.5 Å². The molecule has 1 aliphatic heterocycles. The van der Waals surface area contributed by atoms with Crippen LogP contribution in [0.4, 0.5) is 0 Å². The molecule has 3 nitrogen and oxygen atoms in total. The predicted octanol–water partition coefficient (Wildman–Crippen LogP) is 3.06. The lowest BCUT2D eigenvalue weighted by Gasteiger charge is -2.25. The molecule has 0 bridgehead atoms. The normalized spacial score (nSPS) is 16.9. The average molecular weight is 241 g/mol. The van der Waals surface area contributed by atoms with Crippen LogP contribution in [0.25, 0.3) is 5.76 Å². The molecule has 3 heteroatoms. The quantitative estimate of drug-likeness (QED) is 0.817. The number of carbonyl (C=O) groups excluding carboxylic acids is 1. The number of hydrogen-bond acceptors (Lipinski definition) is 3. The van der Waals surface area contributed by atoms with Crippen LogP contribution in [0.5, 0.6) is 0 Å². The zero-order valence-corrected chi connectivity index (χ0v) is 10.6. The molecular weight excluding hydrogens is 226 g/mol. The van der Waals surface area contributed by atoms with E-state index in [0.29, 0.717) is 24.2 Å². The standard InChI is InChI=1S/C15H15NO2/c1-3-15(4-2)14(17)9-13(18-15)12-7-5-11(10-16)6-8-12/h5-9H,3-4H2,1-2H3. The summed E-state index contributed by atoms with van der Waals surface area (Å²) >= 11 is 0. The molecule has 0 aliphatic carbocycles. The molecule has 0 saturated carbocycles. The predicted molar refractivity (Wildman–Crippen MR) is 68.5 cm³/mol. The van der Waals surface area contributed by atoms with Crippen molar-refractivity contribution in [3.63, 3.8) is 0 Å². The highest BCUT2D eigenvalue weighted by atomic mass is 16.5. The van der Waals surface area contributed by atoms with Gasteiger partial charge < -0.3 is 4.74 Å². The van der Waals surface area contributed by atoms with Gasteiger partial charge in [0.2, 0.25) is 5.78 Å². The summed E-state index contributed by atoms with van der Waals surface area (Å²) < 4.78 is 5.85. The second kappa shape index (κ2) is 4.66. The summed E-state index contributed by atoms with van der Waals surface area (Å²) in [4.78, 5) is 12.0. The van der Waals surface area contributed by atoms with Crippen molar-refractivity contribution in [1.82, 2.24) is 0 Å². The fourth-order valence-corrected chi connectivity index (χ4v) is 2.13. The monoisotopic (exact) mass is 241 g/mol. The van der Waals surface area contributed by atoms with Gasteiger partial charge in [-0.1, -0.05) is 13.8 Å². The summed E-state index contributed by atoms with van der Waals surface area (Å²) in [6.07, 6.45) is 2.89. The molecule has 2 rings (SSSR count). The van der Waals surface area contributed by atoms with Crippen LogP contribution >= 0.6 is 0 Å². The van der Waals surface area contributed by atoms with Gasteiger partial charge in [0.15, 0.2) is 5.60 Å². The minimum absolute atomic E-state index is 0.0341. The Morgan fingerprint density at radius 1 is 1.22 bits per heavy atom. The molecule has 0 fully saturated rings. The Labute approximate surface area is 107 Å². The fraction of sp³-hybridized carbons (Fsp3) is 0.333. The molecule has 92 valence electrons. The van der Waals surface area contributed by atoms with Crippen molar-refractivity contribution in [2.75, 3.05) is 0 Å². The summed E-state index contributed by atoms with van der Waals surface area (Å²) in [5, 5.41) is 8.75. The highest BCUT2D eigenvalue weighted by Crippen LogP contribution is 2.35. The third-order valence-electron chi connectivity index (χ3n) is 3.46. The number of nitrogens with zero attached hydrogens (tertiary/aromatic N) is 1. The van der Waals surface area contributed by atoms with E-state index in [0.717, 1.165) is 5.56 Å². The molecule has 1 aromatic rings. The van der Waals surface area contributed by atoms with E-state index in [1.807, 2.05) is 13.8 Å². The zero-order valence-electron chi connectivity index (χ0n) is 10.6. The topological polar surface area (TPSA) is 50.1 Å². The van der Waals surface area contributed by atoms with Gasteiger partial charge in [-0.15, -0.1) is 0 Å². The highest BCUT2D eigenvalue weighted by molar-refractivity contribution is 6.05. The van der Waals surface area contributed by atoms with Crippen molar-refractivity contribution >= 4 is 11.5 Å². The van der Waals surface area contributed by atoms with E-state index in [9.17, 15) is 4.79 Å². The van der Waals surface area contributed by atoms with Crippen molar-refractivity contribution in [2.24, 2.45) is 0 Å². The van der Waals surface area contributed by atoms with Crippen molar-refractivity contribution in [2.45, 2.75) is 32.3 Å². The number of benzene rings is 1. The molecule has 0 amide bonds. The molecular formula is C15H15NO2. The second-order valence-corrected chi connectivity index (χ2v) is 4.37. The molecule has 1 aromatic carbocycles. The van der Waals surface area contributed by atoms with Crippen LogP contribution < -0.4 is 0 Å². The highest BCUT2D eigenvalue weighted by Gasteiger charge is 2.41. The largest absolute Gasteiger partial charge is 0.478 e. The Morgan fingerprint density at radius 3 is 2.28 bits per heavy atom. The van der Waals surface area contributed by atoms with Gasteiger partial charge in [-0.05, 0) is 37.1 Å². The van der Waals surface area contributed by atoms with Crippen LogP contribution in [-0.2, 0) is 9.53 Å². The van der Waals surface area contributed by atoms with E-state index in [4.69, 9.17) is 10.00 Å². The maximum absolute atomic E-state index is 12.0. The minimum atomic E-state index is -0.691. The lowest BCUT2D eigenvalue weighted by molar-refractivity contribution is -0.129. The Balaban J connectivity index is 2.29. The van der Waals surface area contributed by atoms with Crippen molar-refractivity contribution in [1.29, 1.82) is 5.26 Å². The van der Waals surface area contributed by atoms with Crippen LogP contribution in [-0.4, -0.2) is 11.4 Å². The minimum Gasteiger partial charge on any atom is -0.478 e. The lowest BCUT2D eigenvalue weighted by Crippen LogP contribution is -2.34. The Morgan fingerprint density at radius 2 is 1.83 bits per heavy atom. The summed E-state index contributed by atoms with van der Waals surface area (Å²) in [5.74, 6) is 0.639. The van der Waals surface area contributed by atoms with E-state index >= 15 is 0 Å². The van der Waals surface area contributed by atoms with Crippen LogP contribution in [0, 0.1) is 11.3 Å². The molecule has 0 saturated heterocycles. The molecule has 0 N–H and O–H groups in total. The Hall–Kier alpha value is -2.08. The summed E-state index contributed by atoms with van der Waals surface area (Å²) in [5.41, 5.74) is 0.746. The smallest absolute Gasteiger partial charge is 0.202 e. The molecule has 0 aromatic heterocycles. The first-order chi connectivity index (χ1) is 8.65. The number of carbonyl (C=O) groups is 1. The first-order valence-electron chi connectivity index (χ1n) is 6.11. The van der Waals surface area contributed by atoms with Gasteiger partial charge in [-0.25, -0.2) is 0 Å². The molecule has 1 aliphatic rings. The van der Waals surface area contributed by atoms with E-state index in [-0.39, 0.29) is 5.78 Å². The third kappa shape index (κ3) is 1.91. The maximum atomic E-state index is 12.0. The van der Waals surface area contributed by atoms with Crippen molar-refractivity contribution in [3.8, 4) is 6.07 Å². The van der Waals surface area contributed by atoms with Gasteiger partial charge in [-0.2, -0.15) is 5.26 Å². The third-order valence-corrected chi connectivity index (χ3v) is 3.46. The average Bonchev–Trinajstić information content (AvgIpc) is 2.76.